The van der Waals surface area contributed by atoms with Gasteiger partial charge >= 0.3 is 0 Å². The normalized spacial score (nSPS) is 13.0. The number of hydrogen-bond acceptors (Lipinski definition) is 3. The van der Waals surface area contributed by atoms with Crippen molar-refractivity contribution in [2.75, 3.05) is 7.11 Å². The molecule has 0 saturated carbocycles. The number of rotatable bonds is 6. The standard InChI is InChI=1S/C20H25NO3/c1-13-6-7-14(2)19(12-13)24-16(4)20(22)21-15(3)17-8-10-18(23-5)11-9-17/h6-12,15-16H,1-5H3,(H,21,22)/t15-,16+/m1/s1. The first-order valence-electron chi connectivity index (χ1n) is 8.09. The van der Waals surface area contributed by atoms with Gasteiger partial charge in [0.25, 0.3) is 5.91 Å². The molecular weight excluding hydrogens is 302 g/mol. The summed E-state index contributed by atoms with van der Waals surface area (Å²) in [7, 11) is 1.63. The molecule has 1 N–H and O–H groups in total. The van der Waals surface area contributed by atoms with Gasteiger partial charge in [0.05, 0.1) is 13.2 Å². The van der Waals surface area contributed by atoms with Crippen molar-refractivity contribution in [2.24, 2.45) is 0 Å². The predicted octanol–water partition coefficient (Wildman–Crippen LogP) is 3.96. The fourth-order valence-corrected chi connectivity index (χ4v) is 2.38. The summed E-state index contributed by atoms with van der Waals surface area (Å²) in [5, 5.41) is 2.98. The van der Waals surface area contributed by atoms with Gasteiger partial charge in [-0.05, 0) is 62.6 Å². The van der Waals surface area contributed by atoms with Crippen LogP contribution in [0, 0.1) is 13.8 Å². The van der Waals surface area contributed by atoms with Gasteiger partial charge in [-0.3, -0.25) is 4.79 Å². The van der Waals surface area contributed by atoms with Crippen molar-refractivity contribution in [3.63, 3.8) is 0 Å². The fourth-order valence-electron chi connectivity index (χ4n) is 2.38. The lowest BCUT2D eigenvalue weighted by Crippen LogP contribution is -2.37. The van der Waals surface area contributed by atoms with Gasteiger partial charge in [0, 0.05) is 0 Å². The molecular formula is C20H25NO3. The van der Waals surface area contributed by atoms with Gasteiger partial charge in [0.2, 0.25) is 0 Å². The van der Waals surface area contributed by atoms with E-state index in [4.69, 9.17) is 9.47 Å². The first-order chi connectivity index (χ1) is 11.4. The van der Waals surface area contributed by atoms with Gasteiger partial charge in [0.15, 0.2) is 6.10 Å². The Hall–Kier alpha value is -2.49. The molecule has 0 saturated heterocycles. The maximum atomic E-state index is 12.4. The molecule has 1 amide bonds. The van der Waals surface area contributed by atoms with Gasteiger partial charge in [0.1, 0.15) is 11.5 Å². The van der Waals surface area contributed by atoms with Crippen LogP contribution in [0.2, 0.25) is 0 Å². The van der Waals surface area contributed by atoms with Crippen LogP contribution >= 0.6 is 0 Å². The molecule has 0 spiro atoms. The minimum absolute atomic E-state index is 0.104. The maximum absolute atomic E-state index is 12.4. The smallest absolute Gasteiger partial charge is 0.261 e. The Morgan fingerprint density at radius 1 is 1.04 bits per heavy atom. The molecule has 4 nitrogen and oxygen atoms in total. The van der Waals surface area contributed by atoms with Crippen molar-refractivity contribution < 1.29 is 14.3 Å². The number of ether oxygens (including phenoxy) is 2. The third kappa shape index (κ3) is 4.51. The molecule has 0 radical (unpaired) electrons. The molecule has 4 heteroatoms. The number of aryl methyl sites for hydroxylation is 2. The molecule has 24 heavy (non-hydrogen) atoms. The molecule has 2 aromatic carbocycles. The lowest BCUT2D eigenvalue weighted by molar-refractivity contribution is -0.127. The lowest BCUT2D eigenvalue weighted by Gasteiger charge is -2.20. The van der Waals surface area contributed by atoms with Crippen LogP contribution < -0.4 is 14.8 Å². The minimum atomic E-state index is -0.564. The van der Waals surface area contributed by atoms with Gasteiger partial charge < -0.3 is 14.8 Å². The number of carbonyl (C=O) groups is 1. The lowest BCUT2D eigenvalue weighted by atomic mass is 10.1. The van der Waals surface area contributed by atoms with Crippen LogP contribution in [0.3, 0.4) is 0 Å². The van der Waals surface area contributed by atoms with E-state index in [-0.39, 0.29) is 11.9 Å². The fraction of sp³-hybridized carbons (Fsp3) is 0.350. The van der Waals surface area contributed by atoms with Crippen LogP contribution in [0.1, 0.15) is 36.6 Å². The molecule has 128 valence electrons. The zero-order valence-corrected chi connectivity index (χ0v) is 14.9. The molecule has 0 aliphatic heterocycles. The number of methoxy groups -OCH3 is 1. The zero-order valence-electron chi connectivity index (χ0n) is 14.9. The number of nitrogens with one attached hydrogen (secondary N) is 1. The molecule has 0 aliphatic rings. The molecule has 0 fully saturated rings. The third-order valence-electron chi connectivity index (χ3n) is 3.99. The summed E-state index contributed by atoms with van der Waals surface area (Å²) in [6, 6.07) is 13.5. The number of carbonyl (C=O) groups excluding carboxylic acids is 1. The summed E-state index contributed by atoms with van der Waals surface area (Å²) < 4.78 is 11.0. The van der Waals surface area contributed by atoms with Crippen molar-refractivity contribution in [1.82, 2.24) is 5.32 Å². The second kappa shape index (κ2) is 7.86. The SMILES string of the molecule is COc1ccc([C@@H](C)NC(=O)[C@H](C)Oc2cc(C)ccc2C)cc1. The maximum Gasteiger partial charge on any atom is 0.261 e. The van der Waals surface area contributed by atoms with Crippen LogP contribution in [0.4, 0.5) is 0 Å². The summed E-state index contributed by atoms with van der Waals surface area (Å²) >= 11 is 0. The van der Waals surface area contributed by atoms with E-state index in [1.807, 2.05) is 63.2 Å². The van der Waals surface area contributed by atoms with Gasteiger partial charge in [-0.2, -0.15) is 0 Å². The highest BCUT2D eigenvalue weighted by Crippen LogP contribution is 2.21. The van der Waals surface area contributed by atoms with Gasteiger partial charge in [-0.1, -0.05) is 24.3 Å². The van der Waals surface area contributed by atoms with E-state index in [2.05, 4.69) is 5.32 Å². The Labute approximate surface area is 143 Å². The minimum Gasteiger partial charge on any atom is -0.497 e. The number of hydrogen-bond donors (Lipinski definition) is 1. The van der Waals surface area contributed by atoms with Crippen LogP contribution in [0.25, 0.3) is 0 Å². The summed E-state index contributed by atoms with van der Waals surface area (Å²) in [5.41, 5.74) is 3.14. The Morgan fingerprint density at radius 2 is 1.71 bits per heavy atom. The van der Waals surface area contributed by atoms with Crippen LogP contribution in [-0.2, 0) is 4.79 Å². The average Bonchev–Trinajstić information content (AvgIpc) is 2.58. The molecule has 2 atom stereocenters. The Balaban J connectivity index is 1.98. The van der Waals surface area contributed by atoms with Crippen molar-refractivity contribution in [2.45, 2.75) is 39.8 Å². The zero-order chi connectivity index (χ0) is 17.7. The Bertz CT molecular complexity index is 695. The van der Waals surface area contributed by atoms with Crippen molar-refractivity contribution in [3.8, 4) is 11.5 Å². The molecule has 0 unspecified atom stereocenters. The molecule has 0 bridgehead atoms. The molecule has 0 aromatic heterocycles. The summed E-state index contributed by atoms with van der Waals surface area (Å²) in [5.74, 6) is 1.40. The summed E-state index contributed by atoms with van der Waals surface area (Å²) in [4.78, 5) is 12.4. The highest BCUT2D eigenvalue weighted by atomic mass is 16.5. The Kier molecular flexibility index (Phi) is 5.85. The summed E-state index contributed by atoms with van der Waals surface area (Å²) in [6.07, 6.45) is -0.564. The molecule has 0 aliphatic carbocycles. The number of benzene rings is 2. The highest BCUT2D eigenvalue weighted by Gasteiger charge is 2.18. The highest BCUT2D eigenvalue weighted by molar-refractivity contribution is 5.81. The molecule has 2 aromatic rings. The second-order valence-electron chi connectivity index (χ2n) is 6.03. The van der Waals surface area contributed by atoms with Gasteiger partial charge in [-0.25, -0.2) is 0 Å². The largest absolute Gasteiger partial charge is 0.497 e. The van der Waals surface area contributed by atoms with Crippen molar-refractivity contribution >= 4 is 5.91 Å². The Morgan fingerprint density at radius 3 is 2.33 bits per heavy atom. The van der Waals surface area contributed by atoms with E-state index in [1.54, 1.807) is 14.0 Å². The van der Waals surface area contributed by atoms with E-state index in [9.17, 15) is 4.79 Å². The monoisotopic (exact) mass is 327 g/mol. The van der Waals surface area contributed by atoms with E-state index in [1.165, 1.54) is 0 Å². The van der Waals surface area contributed by atoms with Crippen molar-refractivity contribution in [1.29, 1.82) is 0 Å². The van der Waals surface area contributed by atoms with Gasteiger partial charge in [-0.15, -0.1) is 0 Å². The first-order valence-corrected chi connectivity index (χ1v) is 8.09. The topological polar surface area (TPSA) is 47.6 Å². The van der Waals surface area contributed by atoms with E-state index in [0.717, 1.165) is 28.2 Å². The first kappa shape index (κ1) is 17.9. The van der Waals surface area contributed by atoms with E-state index in [0.29, 0.717) is 0 Å². The predicted molar refractivity (Wildman–Crippen MR) is 95.6 cm³/mol. The van der Waals surface area contributed by atoms with Crippen molar-refractivity contribution in [3.05, 3.63) is 59.2 Å². The van der Waals surface area contributed by atoms with E-state index < -0.39 is 6.10 Å². The van der Waals surface area contributed by atoms with Crippen LogP contribution in [0.15, 0.2) is 42.5 Å². The molecule has 2 rings (SSSR count). The second-order valence-corrected chi connectivity index (χ2v) is 6.03. The van der Waals surface area contributed by atoms with Crippen LogP contribution in [-0.4, -0.2) is 19.1 Å². The quantitative estimate of drug-likeness (QED) is 0.874. The summed E-state index contributed by atoms with van der Waals surface area (Å²) in [6.45, 7) is 7.68. The van der Waals surface area contributed by atoms with E-state index >= 15 is 0 Å². The van der Waals surface area contributed by atoms with Crippen LogP contribution in [0.5, 0.6) is 11.5 Å². The average molecular weight is 327 g/mol. The number of amides is 1. The third-order valence-corrected chi connectivity index (χ3v) is 3.99. The molecule has 0 heterocycles.